The first-order chi connectivity index (χ1) is 25.2. The summed E-state index contributed by atoms with van der Waals surface area (Å²) in [6.45, 7) is -1.24. The standard InChI is InChI=1S/C34H38O19/c1-47-20-12-17(6-11-25(39)53-34-32(46)30(44)28(42)22(52-34)15-49-26(40)13-23(36)37)4-9-19(20)50-33-31(45)29(43)27(41)21(51-33)14-48-24(38)10-5-16-2-7-18(35)8-3-16/h2-12,21-22,27-35,41-46H,13-15H2,1H3,(H,36,37)/b10-5+,11-6+/t21-,22-,27-,28-,29+,30+,31-,32-,33-,34+/m1/s1. The lowest BCUT2D eigenvalue weighted by atomic mass is 9.99. The highest BCUT2D eigenvalue weighted by atomic mass is 16.7. The Kier molecular flexibility index (Phi) is 14.2. The van der Waals surface area contributed by atoms with Gasteiger partial charge in [-0.3, -0.25) is 9.59 Å². The quantitative estimate of drug-likeness (QED) is 0.0458. The number of carboxylic acid groups (broad SMARTS) is 1. The largest absolute Gasteiger partial charge is 0.508 e. The first-order valence-corrected chi connectivity index (χ1v) is 15.8. The Morgan fingerprint density at radius 1 is 0.679 bits per heavy atom. The highest BCUT2D eigenvalue weighted by Crippen LogP contribution is 2.33. The molecule has 0 unspecified atom stereocenters. The molecule has 0 bridgehead atoms. The number of aliphatic hydroxyl groups excluding tert-OH is 6. The third-order valence-electron chi connectivity index (χ3n) is 7.81. The Hall–Kier alpha value is -5.12. The number of methoxy groups -OCH3 is 1. The van der Waals surface area contributed by atoms with Crippen molar-refractivity contribution in [2.75, 3.05) is 20.3 Å². The fourth-order valence-electron chi connectivity index (χ4n) is 4.94. The molecule has 0 radical (unpaired) electrons. The third kappa shape index (κ3) is 11.2. The predicted molar refractivity (Wildman–Crippen MR) is 173 cm³/mol. The number of ether oxygens (including phenoxy) is 7. The van der Waals surface area contributed by atoms with E-state index < -0.39 is 105 Å². The van der Waals surface area contributed by atoms with E-state index in [1.165, 1.54) is 49.6 Å². The Bertz CT molecular complexity index is 1640. The van der Waals surface area contributed by atoms with E-state index in [1.807, 2.05) is 0 Å². The van der Waals surface area contributed by atoms with Gasteiger partial charge in [-0.1, -0.05) is 18.2 Å². The minimum Gasteiger partial charge on any atom is -0.508 e. The van der Waals surface area contributed by atoms with Crippen LogP contribution in [-0.2, 0) is 42.9 Å². The number of rotatable bonds is 14. The molecule has 2 aromatic rings. The zero-order chi connectivity index (χ0) is 38.8. The van der Waals surface area contributed by atoms with Crippen LogP contribution in [0.4, 0.5) is 0 Å². The van der Waals surface area contributed by atoms with Crippen LogP contribution in [0.5, 0.6) is 17.2 Å². The first-order valence-electron chi connectivity index (χ1n) is 15.8. The summed E-state index contributed by atoms with van der Waals surface area (Å²) in [5.41, 5.74) is 0.932. The lowest BCUT2D eigenvalue weighted by Crippen LogP contribution is -2.60. The van der Waals surface area contributed by atoms with Gasteiger partial charge >= 0.3 is 23.9 Å². The Morgan fingerprint density at radius 2 is 1.23 bits per heavy atom. The molecule has 0 aromatic heterocycles. The van der Waals surface area contributed by atoms with Crippen molar-refractivity contribution >= 4 is 36.0 Å². The molecule has 10 atom stereocenters. The lowest BCUT2D eigenvalue weighted by Gasteiger charge is -2.40. The molecule has 288 valence electrons. The van der Waals surface area contributed by atoms with Crippen molar-refractivity contribution in [3.8, 4) is 17.2 Å². The number of hydrogen-bond donors (Lipinski definition) is 8. The van der Waals surface area contributed by atoms with Crippen LogP contribution in [0.1, 0.15) is 17.5 Å². The Morgan fingerprint density at radius 3 is 1.85 bits per heavy atom. The second-order valence-electron chi connectivity index (χ2n) is 11.6. The second kappa shape index (κ2) is 18.6. The van der Waals surface area contributed by atoms with Crippen molar-refractivity contribution < 1.29 is 93.2 Å². The number of phenols is 1. The smallest absolute Gasteiger partial charge is 0.333 e. The number of aliphatic carboxylic acids is 1. The summed E-state index contributed by atoms with van der Waals surface area (Å²) in [5.74, 6) is -4.40. The van der Waals surface area contributed by atoms with E-state index in [-0.39, 0.29) is 17.2 Å². The van der Waals surface area contributed by atoms with Crippen molar-refractivity contribution in [2.45, 2.75) is 67.8 Å². The maximum absolute atomic E-state index is 12.5. The van der Waals surface area contributed by atoms with Crippen LogP contribution in [0.3, 0.4) is 0 Å². The van der Waals surface area contributed by atoms with Gasteiger partial charge in [-0.05, 0) is 47.5 Å². The molecular formula is C34H38O19. The van der Waals surface area contributed by atoms with E-state index in [1.54, 1.807) is 12.1 Å². The zero-order valence-corrected chi connectivity index (χ0v) is 27.8. The van der Waals surface area contributed by atoms with Crippen LogP contribution in [-0.4, -0.2) is 146 Å². The van der Waals surface area contributed by atoms with Crippen molar-refractivity contribution in [1.29, 1.82) is 0 Å². The number of hydrogen-bond acceptors (Lipinski definition) is 18. The van der Waals surface area contributed by atoms with Crippen LogP contribution in [0, 0.1) is 0 Å². The van der Waals surface area contributed by atoms with Crippen molar-refractivity contribution in [3.63, 3.8) is 0 Å². The van der Waals surface area contributed by atoms with Gasteiger partial charge in [-0.2, -0.15) is 0 Å². The number of aliphatic hydroxyl groups is 6. The van der Waals surface area contributed by atoms with Gasteiger partial charge in [0.05, 0.1) is 7.11 Å². The average molecular weight is 751 g/mol. The summed E-state index contributed by atoms with van der Waals surface area (Å²) >= 11 is 0. The van der Waals surface area contributed by atoms with Gasteiger partial charge < -0.3 is 74.0 Å². The third-order valence-corrected chi connectivity index (χ3v) is 7.81. The topological polar surface area (TPSA) is 295 Å². The lowest BCUT2D eigenvalue weighted by molar-refractivity contribution is -0.291. The summed E-state index contributed by atoms with van der Waals surface area (Å²) in [4.78, 5) is 46.9. The number of carbonyl (C=O) groups excluding carboxylic acids is 3. The number of carbonyl (C=O) groups is 4. The molecule has 19 nitrogen and oxygen atoms in total. The first kappa shape index (κ1) is 40.6. The van der Waals surface area contributed by atoms with Crippen LogP contribution < -0.4 is 9.47 Å². The van der Waals surface area contributed by atoms with Gasteiger partial charge in [0.25, 0.3) is 0 Å². The van der Waals surface area contributed by atoms with Gasteiger partial charge in [-0.15, -0.1) is 0 Å². The van der Waals surface area contributed by atoms with E-state index in [2.05, 4.69) is 0 Å². The molecule has 2 aliphatic rings. The molecule has 19 heteroatoms. The fourth-order valence-corrected chi connectivity index (χ4v) is 4.94. The average Bonchev–Trinajstić information content (AvgIpc) is 3.13. The van der Waals surface area contributed by atoms with Gasteiger partial charge in [0, 0.05) is 12.2 Å². The van der Waals surface area contributed by atoms with Crippen LogP contribution >= 0.6 is 0 Å². The van der Waals surface area contributed by atoms with Gasteiger partial charge in [0.15, 0.2) is 11.5 Å². The summed E-state index contributed by atoms with van der Waals surface area (Å²) in [6, 6.07) is 10.2. The molecule has 2 saturated heterocycles. The SMILES string of the molecule is COc1cc(/C=C/C(=O)O[C@@H]2O[C@H](COC(=O)CC(=O)O)[C@@H](O)[C@H](O)[C@H]2O)ccc1O[C@@H]1O[C@H](COC(=O)/C=C/c2ccc(O)cc2)[C@@H](O)[C@H](O)[C@H]1O. The molecule has 4 rings (SSSR count). The number of esters is 3. The summed E-state index contributed by atoms with van der Waals surface area (Å²) < 4.78 is 36.8. The van der Waals surface area contributed by atoms with Crippen molar-refractivity contribution in [3.05, 3.63) is 65.7 Å². The van der Waals surface area contributed by atoms with Gasteiger partial charge in [0.1, 0.15) is 74.2 Å². The molecule has 0 aliphatic carbocycles. The fraction of sp³-hybridized carbons (Fsp3) is 0.412. The molecule has 2 aliphatic heterocycles. The number of phenolic OH excluding ortho intramolecular Hbond substituents is 1. The summed E-state index contributed by atoms with van der Waals surface area (Å²) in [7, 11) is 1.28. The Balaban J connectivity index is 1.34. The molecule has 0 spiro atoms. The van der Waals surface area contributed by atoms with Crippen molar-refractivity contribution in [1.82, 2.24) is 0 Å². The van der Waals surface area contributed by atoms with E-state index >= 15 is 0 Å². The van der Waals surface area contributed by atoms with E-state index in [0.29, 0.717) is 11.1 Å². The molecule has 0 saturated carbocycles. The molecule has 8 N–H and O–H groups in total. The number of aromatic hydroxyl groups is 1. The molecule has 2 fully saturated rings. The number of benzene rings is 2. The zero-order valence-electron chi connectivity index (χ0n) is 27.8. The number of carboxylic acids is 1. The maximum Gasteiger partial charge on any atom is 0.333 e. The molecule has 2 aromatic carbocycles. The normalized spacial score (nSPS) is 28.7. The minimum atomic E-state index is -1.90. The van der Waals surface area contributed by atoms with Gasteiger partial charge in [0.2, 0.25) is 12.6 Å². The molecule has 0 amide bonds. The van der Waals surface area contributed by atoms with Crippen LogP contribution in [0.15, 0.2) is 54.6 Å². The van der Waals surface area contributed by atoms with E-state index in [9.17, 15) is 54.9 Å². The van der Waals surface area contributed by atoms with Crippen LogP contribution in [0.25, 0.3) is 12.2 Å². The maximum atomic E-state index is 12.5. The van der Waals surface area contributed by atoms with Gasteiger partial charge in [-0.25, -0.2) is 9.59 Å². The van der Waals surface area contributed by atoms with E-state index in [4.69, 9.17) is 38.3 Å². The van der Waals surface area contributed by atoms with Crippen molar-refractivity contribution in [2.24, 2.45) is 0 Å². The molecular weight excluding hydrogens is 712 g/mol. The Labute approximate surface area is 300 Å². The van der Waals surface area contributed by atoms with Crippen LogP contribution in [0.2, 0.25) is 0 Å². The minimum absolute atomic E-state index is 0.00573. The molecule has 53 heavy (non-hydrogen) atoms. The summed E-state index contributed by atoms with van der Waals surface area (Å²) in [5, 5.41) is 80.0. The summed E-state index contributed by atoms with van der Waals surface area (Å²) in [6.07, 6.45) is -13.2. The molecule has 2 heterocycles. The monoisotopic (exact) mass is 750 g/mol. The highest BCUT2D eigenvalue weighted by molar-refractivity contribution is 5.90. The predicted octanol–water partition coefficient (Wildman–Crippen LogP) is -1.77. The van der Waals surface area contributed by atoms with E-state index in [0.717, 1.165) is 12.2 Å². The second-order valence-corrected chi connectivity index (χ2v) is 11.6. The highest BCUT2D eigenvalue weighted by Gasteiger charge is 2.47.